The average molecular weight is 392 g/mol. The summed E-state index contributed by atoms with van der Waals surface area (Å²) in [5, 5.41) is 0. The first kappa shape index (κ1) is 20.0. The van der Waals surface area contributed by atoms with E-state index < -0.39 is 0 Å². The van der Waals surface area contributed by atoms with Crippen LogP contribution in [0.25, 0.3) is 11.0 Å². The lowest BCUT2D eigenvalue weighted by atomic mass is 10.1. The summed E-state index contributed by atoms with van der Waals surface area (Å²) in [6.07, 6.45) is 5.28. The first-order valence-electron chi connectivity index (χ1n) is 11.0. The van der Waals surface area contributed by atoms with Crippen molar-refractivity contribution in [3.63, 3.8) is 0 Å². The minimum Gasteiger partial charge on any atom is -0.491 e. The molecule has 4 heteroatoms. The average Bonchev–Trinajstić information content (AvgIpc) is 2.90. The van der Waals surface area contributed by atoms with Crippen LogP contribution in [0.2, 0.25) is 0 Å². The third kappa shape index (κ3) is 4.32. The monoisotopic (exact) mass is 391 g/mol. The molecule has 154 valence electrons. The van der Waals surface area contributed by atoms with E-state index in [2.05, 4.69) is 72.7 Å². The molecule has 1 aliphatic heterocycles. The quantitative estimate of drug-likeness (QED) is 0.542. The molecule has 1 unspecified atom stereocenters. The highest BCUT2D eigenvalue weighted by Gasteiger charge is 2.23. The summed E-state index contributed by atoms with van der Waals surface area (Å²) in [6.45, 7) is 10.4. The summed E-state index contributed by atoms with van der Waals surface area (Å²) in [5.41, 5.74) is 4.77. The van der Waals surface area contributed by atoms with Gasteiger partial charge in [-0.25, -0.2) is 4.98 Å². The number of fused-ring (bicyclic) bond motifs is 1. The van der Waals surface area contributed by atoms with Crippen LogP contribution >= 0.6 is 0 Å². The number of hydrogen-bond acceptors (Lipinski definition) is 3. The van der Waals surface area contributed by atoms with Crippen molar-refractivity contribution in [2.75, 3.05) is 19.7 Å². The number of rotatable bonds is 6. The van der Waals surface area contributed by atoms with Gasteiger partial charge in [-0.2, -0.15) is 0 Å². The van der Waals surface area contributed by atoms with Gasteiger partial charge in [-0.3, -0.25) is 4.90 Å². The van der Waals surface area contributed by atoms with E-state index in [4.69, 9.17) is 9.72 Å². The molecule has 1 saturated heterocycles. The van der Waals surface area contributed by atoms with E-state index in [-0.39, 0.29) is 0 Å². The Balaban J connectivity index is 1.57. The van der Waals surface area contributed by atoms with Gasteiger partial charge in [0.1, 0.15) is 18.2 Å². The molecular formula is C25H33N3O. The fourth-order valence-corrected chi connectivity index (χ4v) is 4.42. The normalized spacial score (nSPS) is 16.7. The molecular weight excluding hydrogens is 358 g/mol. The summed E-state index contributed by atoms with van der Waals surface area (Å²) in [5.74, 6) is 2.15. The van der Waals surface area contributed by atoms with Gasteiger partial charge in [0.2, 0.25) is 0 Å². The third-order valence-electron chi connectivity index (χ3n) is 6.37. The minimum atomic E-state index is 0.321. The molecule has 4 rings (SSSR count). The number of para-hydroxylation sites is 2. The first-order chi connectivity index (χ1) is 14.1. The molecule has 1 fully saturated rings. The van der Waals surface area contributed by atoms with Gasteiger partial charge in [0.05, 0.1) is 23.6 Å². The highest BCUT2D eigenvalue weighted by Crippen LogP contribution is 2.27. The Kier molecular flexibility index (Phi) is 6.19. The van der Waals surface area contributed by atoms with Crippen LogP contribution in [-0.2, 0) is 6.54 Å². The van der Waals surface area contributed by atoms with Crippen LogP contribution in [0.1, 0.15) is 55.6 Å². The van der Waals surface area contributed by atoms with E-state index in [9.17, 15) is 0 Å². The van der Waals surface area contributed by atoms with Gasteiger partial charge in [0.15, 0.2) is 0 Å². The van der Waals surface area contributed by atoms with Gasteiger partial charge >= 0.3 is 0 Å². The van der Waals surface area contributed by atoms with Crippen molar-refractivity contribution >= 4 is 11.0 Å². The van der Waals surface area contributed by atoms with Gasteiger partial charge in [0, 0.05) is 0 Å². The Morgan fingerprint density at radius 3 is 2.52 bits per heavy atom. The molecule has 4 nitrogen and oxygen atoms in total. The molecule has 0 amide bonds. The van der Waals surface area contributed by atoms with E-state index in [0.29, 0.717) is 12.6 Å². The molecule has 29 heavy (non-hydrogen) atoms. The molecule has 1 atom stereocenters. The Bertz CT molecular complexity index is 954. The zero-order valence-electron chi connectivity index (χ0n) is 18.0. The number of likely N-dealkylation sites (tertiary alicyclic amines) is 1. The first-order valence-corrected chi connectivity index (χ1v) is 11.0. The lowest BCUT2D eigenvalue weighted by Crippen LogP contribution is -2.30. The maximum Gasteiger partial charge on any atom is 0.127 e. The summed E-state index contributed by atoms with van der Waals surface area (Å²) in [7, 11) is 0. The molecule has 0 saturated carbocycles. The van der Waals surface area contributed by atoms with E-state index in [1.54, 1.807) is 0 Å². The minimum absolute atomic E-state index is 0.321. The standard InChI is InChI=1S/C25H33N3O/c1-19-11-10-14-24(20(19)2)29-18-17-28-23-13-7-6-12-22(23)26-25(28)21(3)27-15-8-4-5-9-16-27/h6-7,10-14,21H,4-5,8-9,15-18H2,1-3H3. The predicted octanol–water partition coefficient (Wildman–Crippen LogP) is 5.67. The van der Waals surface area contributed by atoms with Crippen LogP contribution in [0.3, 0.4) is 0 Å². The Morgan fingerprint density at radius 1 is 0.966 bits per heavy atom. The van der Waals surface area contributed by atoms with Crippen LogP contribution in [0.5, 0.6) is 5.75 Å². The predicted molar refractivity (Wildman–Crippen MR) is 120 cm³/mol. The molecule has 0 radical (unpaired) electrons. The molecule has 2 aromatic carbocycles. The molecule has 3 aromatic rings. The SMILES string of the molecule is Cc1cccc(OCCn2c(C(C)N3CCCCCC3)nc3ccccc32)c1C. The molecule has 1 aromatic heterocycles. The largest absolute Gasteiger partial charge is 0.491 e. The second-order valence-corrected chi connectivity index (χ2v) is 8.28. The van der Waals surface area contributed by atoms with Crippen molar-refractivity contribution < 1.29 is 4.74 Å². The Labute approximate surface area is 174 Å². The highest BCUT2D eigenvalue weighted by molar-refractivity contribution is 5.76. The Hall–Kier alpha value is -2.33. The maximum absolute atomic E-state index is 6.18. The lowest BCUT2D eigenvalue weighted by molar-refractivity contribution is 0.204. The van der Waals surface area contributed by atoms with E-state index in [1.165, 1.54) is 55.4 Å². The van der Waals surface area contributed by atoms with E-state index in [0.717, 1.165) is 23.6 Å². The second-order valence-electron chi connectivity index (χ2n) is 8.28. The van der Waals surface area contributed by atoms with E-state index >= 15 is 0 Å². The summed E-state index contributed by atoms with van der Waals surface area (Å²) < 4.78 is 8.55. The molecule has 1 aliphatic rings. The number of imidazole rings is 1. The summed E-state index contributed by atoms with van der Waals surface area (Å²) in [4.78, 5) is 7.65. The summed E-state index contributed by atoms with van der Waals surface area (Å²) >= 11 is 0. The Morgan fingerprint density at radius 2 is 1.72 bits per heavy atom. The second kappa shape index (κ2) is 9.00. The van der Waals surface area contributed by atoms with E-state index in [1.807, 2.05) is 0 Å². The number of hydrogen-bond donors (Lipinski definition) is 0. The van der Waals surface area contributed by atoms with Crippen LogP contribution in [-0.4, -0.2) is 34.1 Å². The zero-order chi connectivity index (χ0) is 20.2. The molecule has 0 N–H and O–H groups in total. The smallest absolute Gasteiger partial charge is 0.127 e. The van der Waals surface area contributed by atoms with Crippen molar-refractivity contribution in [2.45, 2.75) is 59.0 Å². The van der Waals surface area contributed by atoms with Gasteiger partial charge in [-0.15, -0.1) is 0 Å². The van der Waals surface area contributed by atoms with Gasteiger partial charge in [-0.05, 0) is 76.0 Å². The number of nitrogens with zero attached hydrogens (tertiary/aromatic N) is 3. The van der Waals surface area contributed by atoms with Crippen LogP contribution < -0.4 is 4.74 Å². The molecule has 0 spiro atoms. The molecule has 0 aliphatic carbocycles. The fraction of sp³-hybridized carbons (Fsp3) is 0.480. The van der Waals surface area contributed by atoms with Crippen molar-refractivity contribution in [2.24, 2.45) is 0 Å². The maximum atomic E-state index is 6.18. The lowest BCUT2D eigenvalue weighted by Gasteiger charge is -2.27. The molecule has 2 heterocycles. The van der Waals surface area contributed by atoms with Crippen molar-refractivity contribution in [1.82, 2.24) is 14.5 Å². The van der Waals surface area contributed by atoms with Crippen molar-refractivity contribution in [1.29, 1.82) is 0 Å². The van der Waals surface area contributed by atoms with Crippen molar-refractivity contribution in [3.8, 4) is 5.75 Å². The zero-order valence-corrected chi connectivity index (χ0v) is 18.0. The van der Waals surface area contributed by atoms with Crippen LogP contribution in [0.4, 0.5) is 0 Å². The van der Waals surface area contributed by atoms with Gasteiger partial charge in [-0.1, -0.05) is 37.1 Å². The number of aryl methyl sites for hydroxylation is 1. The molecule has 0 bridgehead atoms. The summed E-state index contributed by atoms with van der Waals surface area (Å²) in [6, 6.07) is 15.1. The van der Waals surface area contributed by atoms with Gasteiger partial charge < -0.3 is 9.30 Å². The van der Waals surface area contributed by atoms with Crippen LogP contribution in [0.15, 0.2) is 42.5 Å². The highest BCUT2D eigenvalue weighted by atomic mass is 16.5. The number of benzene rings is 2. The van der Waals surface area contributed by atoms with Crippen LogP contribution in [0, 0.1) is 13.8 Å². The number of aromatic nitrogens is 2. The van der Waals surface area contributed by atoms with Crippen molar-refractivity contribution in [3.05, 3.63) is 59.4 Å². The number of ether oxygens (including phenoxy) is 1. The third-order valence-corrected chi connectivity index (χ3v) is 6.37. The topological polar surface area (TPSA) is 30.3 Å². The van der Waals surface area contributed by atoms with Gasteiger partial charge in [0.25, 0.3) is 0 Å². The fourth-order valence-electron chi connectivity index (χ4n) is 4.42.